The molecule has 2 aliphatic heterocycles. The molecule has 0 radical (unpaired) electrons. The summed E-state index contributed by atoms with van der Waals surface area (Å²) in [5, 5.41) is 10.1. The fourth-order valence-corrected chi connectivity index (χ4v) is 3.86. The molecule has 4 heteroatoms. The number of phenolic OH excluding ortho intramolecular Hbond substituents is 1. The lowest BCUT2D eigenvalue weighted by atomic mass is 10.1. The Morgan fingerprint density at radius 2 is 2.05 bits per heavy atom. The quantitative estimate of drug-likeness (QED) is 0.906. The van der Waals surface area contributed by atoms with Crippen LogP contribution in [0.15, 0.2) is 22.7 Å². The highest BCUT2D eigenvalue weighted by atomic mass is 79.9. The van der Waals surface area contributed by atoms with E-state index in [0.717, 1.165) is 35.7 Å². The zero-order chi connectivity index (χ0) is 13.4. The van der Waals surface area contributed by atoms with E-state index in [2.05, 4.69) is 32.8 Å². The van der Waals surface area contributed by atoms with E-state index >= 15 is 0 Å². The van der Waals surface area contributed by atoms with Gasteiger partial charge >= 0.3 is 0 Å². The summed E-state index contributed by atoms with van der Waals surface area (Å²) in [6.45, 7) is 3.11. The van der Waals surface area contributed by atoms with Crippen LogP contribution in [0, 0.1) is 0 Å². The molecule has 1 N–H and O–H groups in total. The van der Waals surface area contributed by atoms with Gasteiger partial charge in [0.15, 0.2) is 0 Å². The summed E-state index contributed by atoms with van der Waals surface area (Å²) >= 11 is 3.39. The first kappa shape index (κ1) is 13.4. The van der Waals surface area contributed by atoms with Gasteiger partial charge in [-0.2, -0.15) is 0 Å². The molecule has 2 unspecified atom stereocenters. The van der Waals surface area contributed by atoms with Gasteiger partial charge in [0.2, 0.25) is 0 Å². The highest BCUT2D eigenvalue weighted by Crippen LogP contribution is 2.32. The number of halogens is 1. The molecule has 3 rings (SSSR count). The van der Waals surface area contributed by atoms with Crippen LogP contribution in [0.1, 0.15) is 24.8 Å². The molecule has 0 aromatic heterocycles. The van der Waals surface area contributed by atoms with Gasteiger partial charge in [-0.3, -0.25) is 9.80 Å². The number of rotatable bonds is 2. The summed E-state index contributed by atoms with van der Waals surface area (Å²) in [6, 6.07) is 7.37. The Kier molecular flexibility index (Phi) is 3.83. The number of fused-ring (bicyclic) bond motifs is 2. The minimum atomic E-state index is 0.394. The van der Waals surface area contributed by atoms with Crippen molar-refractivity contribution in [3.8, 4) is 5.75 Å². The van der Waals surface area contributed by atoms with Crippen molar-refractivity contribution < 1.29 is 5.11 Å². The Hall–Kier alpha value is -0.580. The van der Waals surface area contributed by atoms with E-state index in [-0.39, 0.29) is 0 Å². The molecule has 2 atom stereocenters. The number of benzene rings is 1. The van der Waals surface area contributed by atoms with Crippen molar-refractivity contribution in [2.75, 3.05) is 20.1 Å². The van der Waals surface area contributed by atoms with Gasteiger partial charge in [-0.05, 0) is 48.3 Å². The third kappa shape index (κ3) is 2.67. The summed E-state index contributed by atoms with van der Waals surface area (Å²) in [5.74, 6) is 0.394. The van der Waals surface area contributed by atoms with Gasteiger partial charge in [-0.15, -0.1) is 0 Å². The van der Waals surface area contributed by atoms with E-state index in [9.17, 15) is 5.11 Å². The highest BCUT2D eigenvalue weighted by Gasteiger charge is 2.34. The Labute approximate surface area is 123 Å². The SMILES string of the molecule is CN1C2CCC1CN(Cc1cccc(Br)c1O)CC2. The van der Waals surface area contributed by atoms with E-state index < -0.39 is 0 Å². The fourth-order valence-electron chi connectivity index (χ4n) is 3.45. The molecule has 3 nitrogen and oxygen atoms in total. The van der Waals surface area contributed by atoms with Crippen LogP contribution in [0.4, 0.5) is 0 Å². The predicted octanol–water partition coefficient (Wildman–Crippen LogP) is 2.82. The van der Waals surface area contributed by atoms with Gasteiger partial charge in [-0.1, -0.05) is 12.1 Å². The summed E-state index contributed by atoms with van der Waals surface area (Å²) in [4.78, 5) is 5.04. The van der Waals surface area contributed by atoms with Crippen LogP contribution >= 0.6 is 15.9 Å². The second-order valence-electron chi connectivity index (χ2n) is 5.82. The lowest BCUT2D eigenvalue weighted by molar-refractivity contribution is 0.213. The Morgan fingerprint density at radius 3 is 2.89 bits per heavy atom. The molecule has 2 fully saturated rings. The van der Waals surface area contributed by atoms with Crippen molar-refractivity contribution in [1.82, 2.24) is 9.80 Å². The first-order valence-electron chi connectivity index (χ1n) is 7.06. The number of nitrogens with zero attached hydrogens (tertiary/aromatic N) is 2. The lowest BCUT2D eigenvalue weighted by Gasteiger charge is -2.26. The Morgan fingerprint density at radius 1 is 1.26 bits per heavy atom. The molecule has 0 aliphatic carbocycles. The monoisotopic (exact) mass is 324 g/mol. The van der Waals surface area contributed by atoms with Crippen molar-refractivity contribution >= 4 is 15.9 Å². The summed E-state index contributed by atoms with van der Waals surface area (Å²) in [7, 11) is 2.27. The largest absolute Gasteiger partial charge is 0.506 e. The molecule has 2 heterocycles. The van der Waals surface area contributed by atoms with Gasteiger partial charge < -0.3 is 5.11 Å². The van der Waals surface area contributed by atoms with Gasteiger partial charge in [0.05, 0.1) is 4.47 Å². The van der Waals surface area contributed by atoms with E-state index in [1.54, 1.807) is 0 Å². The number of para-hydroxylation sites is 1. The second-order valence-corrected chi connectivity index (χ2v) is 6.68. The van der Waals surface area contributed by atoms with Crippen LogP contribution in [0.25, 0.3) is 0 Å². The Balaban J connectivity index is 1.72. The maximum Gasteiger partial charge on any atom is 0.134 e. The number of likely N-dealkylation sites (tertiary alicyclic amines) is 1. The maximum absolute atomic E-state index is 10.1. The summed E-state index contributed by atoms with van der Waals surface area (Å²) in [6.07, 6.45) is 3.93. The van der Waals surface area contributed by atoms with Crippen LogP contribution < -0.4 is 0 Å². The molecule has 0 amide bonds. The molecule has 2 bridgehead atoms. The first-order chi connectivity index (χ1) is 9.15. The fraction of sp³-hybridized carbons (Fsp3) is 0.600. The normalized spacial score (nSPS) is 28.5. The summed E-state index contributed by atoms with van der Waals surface area (Å²) < 4.78 is 0.790. The van der Waals surface area contributed by atoms with Gasteiger partial charge in [-0.25, -0.2) is 0 Å². The average molecular weight is 325 g/mol. The molecule has 1 aromatic carbocycles. The van der Waals surface area contributed by atoms with E-state index in [1.807, 2.05) is 18.2 Å². The van der Waals surface area contributed by atoms with Crippen molar-refractivity contribution in [3.05, 3.63) is 28.2 Å². The minimum Gasteiger partial charge on any atom is -0.506 e. The molecular formula is C15H21BrN2O. The van der Waals surface area contributed by atoms with E-state index in [1.165, 1.54) is 19.3 Å². The third-order valence-electron chi connectivity index (χ3n) is 4.70. The number of phenols is 1. The number of likely N-dealkylation sites (N-methyl/N-ethyl adjacent to an activating group) is 1. The molecule has 1 aromatic rings. The average Bonchev–Trinajstić information content (AvgIpc) is 2.63. The minimum absolute atomic E-state index is 0.394. The van der Waals surface area contributed by atoms with E-state index in [0.29, 0.717) is 11.8 Å². The number of aromatic hydroxyl groups is 1. The van der Waals surface area contributed by atoms with Crippen LogP contribution in [0.2, 0.25) is 0 Å². The topological polar surface area (TPSA) is 26.7 Å². The molecule has 0 spiro atoms. The van der Waals surface area contributed by atoms with Crippen LogP contribution in [0.5, 0.6) is 5.75 Å². The molecule has 2 aliphatic rings. The number of hydrogen-bond acceptors (Lipinski definition) is 3. The zero-order valence-electron chi connectivity index (χ0n) is 11.3. The molecule has 104 valence electrons. The second kappa shape index (κ2) is 5.43. The summed E-state index contributed by atoms with van der Waals surface area (Å²) in [5.41, 5.74) is 1.02. The van der Waals surface area contributed by atoms with Crippen molar-refractivity contribution in [1.29, 1.82) is 0 Å². The Bertz CT molecular complexity index is 465. The molecule has 19 heavy (non-hydrogen) atoms. The van der Waals surface area contributed by atoms with Crippen molar-refractivity contribution in [2.24, 2.45) is 0 Å². The van der Waals surface area contributed by atoms with Gasteiger partial charge in [0.25, 0.3) is 0 Å². The third-order valence-corrected chi connectivity index (χ3v) is 5.34. The van der Waals surface area contributed by atoms with Gasteiger partial charge in [0, 0.05) is 37.3 Å². The predicted molar refractivity (Wildman–Crippen MR) is 80.3 cm³/mol. The van der Waals surface area contributed by atoms with Crippen molar-refractivity contribution in [2.45, 2.75) is 37.9 Å². The standard InChI is InChI=1S/C15H21BrN2O/c1-17-12-5-6-13(17)10-18(8-7-12)9-11-3-2-4-14(16)15(11)19/h2-4,12-13,19H,5-10H2,1H3. The molecular weight excluding hydrogens is 304 g/mol. The van der Waals surface area contributed by atoms with Crippen LogP contribution in [0.3, 0.4) is 0 Å². The van der Waals surface area contributed by atoms with Crippen LogP contribution in [-0.2, 0) is 6.54 Å². The maximum atomic E-state index is 10.1. The number of hydrogen-bond donors (Lipinski definition) is 1. The molecule has 0 saturated carbocycles. The van der Waals surface area contributed by atoms with Crippen LogP contribution in [-0.4, -0.2) is 47.1 Å². The first-order valence-corrected chi connectivity index (χ1v) is 7.85. The molecule has 2 saturated heterocycles. The van der Waals surface area contributed by atoms with Crippen molar-refractivity contribution in [3.63, 3.8) is 0 Å². The van der Waals surface area contributed by atoms with E-state index in [4.69, 9.17) is 0 Å². The highest BCUT2D eigenvalue weighted by molar-refractivity contribution is 9.10. The lowest BCUT2D eigenvalue weighted by Crippen LogP contribution is -2.36. The zero-order valence-corrected chi connectivity index (χ0v) is 12.9. The smallest absolute Gasteiger partial charge is 0.134 e. The van der Waals surface area contributed by atoms with Gasteiger partial charge in [0.1, 0.15) is 5.75 Å².